The largest absolute Gasteiger partial charge is 0.357 e. The highest BCUT2D eigenvalue weighted by molar-refractivity contribution is 14.0. The van der Waals surface area contributed by atoms with Crippen LogP contribution < -0.4 is 16.0 Å². The van der Waals surface area contributed by atoms with Crippen molar-refractivity contribution in [2.24, 2.45) is 4.99 Å². The standard InChI is InChI=1S/C21H31N5OS.HI/c1-5-8-19(27)26-18-10-7-9-17(13-18)14-24-21(22-6-2)23-12-11-20-25-15(3)16(4)28-20;/h7,9-10,13H,5-6,8,11-12,14H2,1-4H3,(H,26,27)(H2,22,23,24);1H. The van der Waals surface area contributed by atoms with Gasteiger partial charge < -0.3 is 16.0 Å². The lowest BCUT2D eigenvalue weighted by molar-refractivity contribution is -0.116. The topological polar surface area (TPSA) is 78.4 Å². The predicted octanol–water partition coefficient (Wildman–Crippen LogP) is 4.41. The van der Waals surface area contributed by atoms with E-state index < -0.39 is 0 Å². The van der Waals surface area contributed by atoms with Gasteiger partial charge in [0.2, 0.25) is 5.91 Å². The van der Waals surface area contributed by atoms with E-state index in [0.717, 1.165) is 53.8 Å². The molecular weight excluding hydrogens is 497 g/mol. The molecule has 160 valence electrons. The molecule has 0 fully saturated rings. The zero-order valence-corrected chi connectivity index (χ0v) is 20.8. The number of aliphatic imine (C=N–C) groups is 1. The molecule has 2 aromatic rings. The van der Waals surface area contributed by atoms with Crippen LogP contribution in [-0.4, -0.2) is 29.9 Å². The summed E-state index contributed by atoms with van der Waals surface area (Å²) in [6, 6.07) is 7.84. The van der Waals surface area contributed by atoms with E-state index in [2.05, 4.69) is 39.8 Å². The average Bonchev–Trinajstić information content (AvgIpc) is 2.98. The molecule has 0 aliphatic carbocycles. The first-order valence-electron chi connectivity index (χ1n) is 9.85. The van der Waals surface area contributed by atoms with Crippen LogP contribution >= 0.6 is 35.3 Å². The number of nitrogens with zero attached hydrogens (tertiary/aromatic N) is 2. The van der Waals surface area contributed by atoms with Gasteiger partial charge in [0.05, 0.1) is 17.2 Å². The van der Waals surface area contributed by atoms with Crippen molar-refractivity contribution in [3.05, 3.63) is 45.4 Å². The monoisotopic (exact) mass is 529 g/mol. The number of aromatic nitrogens is 1. The predicted molar refractivity (Wildman–Crippen MR) is 134 cm³/mol. The van der Waals surface area contributed by atoms with Crippen LogP contribution in [0, 0.1) is 13.8 Å². The second kappa shape index (κ2) is 13.5. The number of halogens is 1. The number of guanidine groups is 1. The van der Waals surface area contributed by atoms with Crippen molar-refractivity contribution in [3.63, 3.8) is 0 Å². The van der Waals surface area contributed by atoms with Crippen LogP contribution in [0.25, 0.3) is 0 Å². The van der Waals surface area contributed by atoms with Crippen LogP contribution in [0.4, 0.5) is 5.69 Å². The van der Waals surface area contributed by atoms with Crippen LogP contribution in [0.2, 0.25) is 0 Å². The van der Waals surface area contributed by atoms with E-state index in [0.29, 0.717) is 13.0 Å². The van der Waals surface area contributed by atoms with Gasteiger partial charge in [-0.15, -0.1) is 35.3 Å². The fourth-order valence-corrected chi connectivity index (χ4v) is 3.58. The molecule has 0 atom stereocenters. The minimum Gasteiger partial charge on any atom is -0.357 e. The molecule has 29 heavy (non-hydrogen) atoms. The van der Waals surface area contributed by atoms with Gasteiger partial charge in [0.1, 0.15) is 0 Å². The third-order valence-corrected chi connectivity index (χ3v) is 5.29. The van der Waals surface area contributed by atoms with Crippen molar-refractivity contribution >= 4 is 52.9 Å². The van der Waals surface area contributed by atoms with Crippen LogP contribution in [0.15, 0.2) is 29.3 Å². The Hall–Kier alpha value is -1.68. The molecule has 3 N–H and O–H groups in total. The molecule has 1 aromatic carbocycles. The number of benzene rings is 1. The fraction of sp³-hybridized carbons (Fsp3) is 0.476. The second-order valence-corrected chi connectivity index (χ2v) is 7.91. The number of carbonyl (C=O) groups excluding carboxylic acids is 1. The van der Waals surface area contributed by atoms with Gasteiger partial charge in [0, 0.05) is 36.5 Å². The molecule has 0 spiro atoms. The van der Waals surface area contributed by atoms with E-state index in [1.165, 1.54) is 4.88 Å². The molecule has 0 unspecified atom stereocenters. The first-order chi connectivity index (χ1) is 13.5. The van der Waals surface area contributed by atoms with Crippen LogP contribution in [-0.2, 0) is 17.8 Å². The summed E-state index contributed by atoms with van der Waals surface area (Å²) in [5, 5.41) is 10.7. The summed E-state index contributed by atoms with van der Waals surface area (Å²) in [5.41, 5.74) is 2.99. The Bertz CT molecular complexity index is 787. The minimum absolute atomic E-state index is 0. The molecule has 8 heteroatoms. The van der Waals surface area contributed by atoms with Gasteiger partial charge in [-0.05, 0) is 44.9 Å². The Balaban J connectivity index is 0.00000420. The number of thiazole rings is 1. The molecule has 0 radical (unpaired) electrons. The number of aryl methyl sites for hydroxylation is 2. The average molecular weight is 529 g/mol. The van der Waals surface area contributed by atoms with Crippen molar-refractivity contribution in [1.82, 2.24) is 15.6 Å². The summed E-state index contributed by atoms with van der Waals surface area (Å²) in [6.45, 7) is 10.3. The lowest BCUT2D eigenvalue weighted by Crippen LogP contribution is -2.38. The molecule has 1 aromatic heterocycles. The smallest absolute Gasteiger partial charge is 0.224 e. The molecule has 1 amide bonds. The fourth-order valence-electron chi connectivity index (χ4n) is 2.64. The molecule has 0 saturated carbocycles. The van der Waals surface area contributed by atoms with E-state index in [-0.39, 0.29) is 29.9 Å². The van der Waals surface area contributed by atoms with E-state index in [4.69, 9.17) is 0 Å². The molecule has 0 aliphatic rings. The number of amides is 1. The quantitative estimate of drug-likeness (QED) is 0.256. The van der Waals surface area contributed by atoms with Gasteiger partial charge in [0.15, 0.2) is 5.96 Å². The summed E-state index contributed by atoms with van der Waals surface area (Å²) in [7, 11) is 0. The minimum atomic E-state index is 0. The Morgan fingerprint density at radius 1 is 1.21 bits per heavy atom. The molecule has 0 saturated heterocycles. The zero-order valence-electron chi connectivity index (χ0n) is 17.7. The van der Waals surface area contributed by atoms with E-state index in [1.54, 1.807) is 11.3 Å². The zero-order chi connectivity index (χ0) is 20.4. The van der Waals surface area contributed by atoms with Crippen LogP contribution in [0.1, 0.15) is 47.8 Å². The van der Waals surface area contributed by atoms with Crippen molar-refractivity contribution in [2.75, 3.05) is 18.4 Å². The van der Waals surface area contributed by atoms with E-state index in [1.807, 2.05) is 38.1 Å². The maximum atomic E-state index is 11.8. The summed E-state index contributed by atoms with van der Waals surface area (Å²) >= 11 is 1.75. The van der Waals surface area contributed by atoms with E-state index in [9.17, 15) is 4.79 Å². The second-order valence-electron chi connectivity index (χ2n) is 6.62. The van der Waals surface area contributed by atoms with Gasteiger partial charge in [-0.1, -0.05) is 19.1 Å². The van der Waals surface area contributed by atoms with Crippen molar-refractivity contribution < 1.29 is 4.79 Å². The number of carbonyl (C=O) groups is 1. The highest BCUT2D eigenvalue weighted by Gasteiger charge is 2.05. The van der Waals surface area contributed by atoms with Gasteiger partial charge >= 0.3 is 0 Å². The van der Waals surface area contributed by atoms with Gasteiger partial charge in [-0.2, -0.15) is 0 Å². The SMILES string of the molecule is CCCC(=O)Nc1cccc(CN=C(NCC)NCCc2nc(C)c(C)s2)c1.I. The van der Waals surface area contributed by atoms with Crippen molar-refractivity contribution in [1.29, 1.82) is 0 Å². The molecule has 0 aliphatic heterocycles. The Labute approximate surface area is 195 Å². The summed E-state index contributed by atoms with van der Waals surface area (Å²) in [6.07, 6.45) is 2.26. The first kappa shape index (κ1) is 25.4. The lowest BCUT2D eigenvalue weighted by Gasteiger charge is -2.11. The van der Waals surface area contributed by atoms with Gasteiger partial charge in [-0.3, -0.25) is 4.79 Å². The molecular formula is C21H32IN5OS. The number of rotatable bonds is 9. The van der Waals surface area contributed by atoms with Gasteiger partial charge in [-0.25, -0.2) is 9.98 Å². The third-order valence-electron chi connectivity index (χ3n) is 4.16. The number of nitrogens with one attached hydrogen (secondary N) is 3. The number of anilines is 1. The normalized spacial score (nSPS) is 11.0. The summed E-state index contributed by atoms with van der Waals surface area (Å²) in [4.78, 5) is 22.3. The highest BCUT2D eigenvalue weighted by Crippen LogP contribution is 2.16. The molecule has 1 heterocycles. The first-order valence-corrected chi connectivity index (χ1v) is 10.7. The summed E-state index contributed by atoms with van der Waals surface area (Å²) < 4.78 is 0. The summed E-state index contributed by atoms with van der Waals surface area (Å²) in [5.74, 6) is 0.832. The van der Waals surface area contributed by atoms with E-state index >= 15 is 0 Å². The molecule has 6 nitrogen and oxygen atoms in total. The number of hydrogen-bond acceptors (Lipinski definition) is 4. The third kappa shape index (κ3) is 9.12. The maximum absolute atomic E-state index is 11.8. The number of hydrogen-bond donors (Lipinski definition) is 3. The maximum Gasteiger partial charge on any atom is 0.224 e. The molecule has 0 bridgehead atoms. The highest BCUT2D eigenvalue weighted by atomic mass is 127. The van der Waals surface area contributed by atoms with Crippen molar-refractivity contribution in [3.8, 4) is 0 Å². The Morgan fingerprint density at radius 3 is 2.66 bits per heavy atom. The Morgan fingerprint density at radius 2 is 2.00 bits per heavy atom. The van der Waals surface area contributed by atoms with Crippen LogP contribution in [0.5, 0.6) is 0 Å². The molecule has 2 rings (SSSR count). The van der Waals surface area contributed by atoms with Crippen molar-refractivity contribution in [2.45, 2.75) is 53.5 Å². The van der Waals surface area contributed by atoms with Gasteiger partial charge in [0.25, 0.3) is 0 Å². The Kier molecular flexibility index (Phi) is 11.8. The lowest BCUT2D eigenvalue weighted by atomic mass is 10.2. The van der Waals surface area contributed by atoms with Crippen LogP contribution in [0.3, 0.4) is 0 Å².